The number of carboxylic acids is 1. The van der Waals surface area contributed by atoms with Gasteiger partial charge in [0.1, 0.15) is 5.82 Å². The summed E-state index contributed by atoms with van der Waals surface area (Å²) < 4.78 is 13.6. The molecule has 108 valence electrons. The smallest absolute Gasteiger partial charge is 0.328 e. The van der Waals surface area contributed by atoms with Crippen LogP contribution in [0.25, 0.3) is 6.08 Å². The van der Waals surface area contributed by atoms with Crippen LogP contribution in [0.2, 0.25) is 0 Å². The molecule has 0 radical (unpaired) electrons. The first-order chi connectivity index (χ1) is 9.43. The molecule has 0 spiro atoms. The van der Waals surface area contributed by atoms with E-state index in [1.807, 2.05) is 13.8 Å². The summed E-state index contributed by atoms with van der Waals surface area (Å²) in [6, 6.07) is 3.90. The highest BCUT2D eigenvalue weighted by Gasteiger charge is 2.12. The maximum atomic E-state index is 13.6. The average molecular weight is 279 g/mol. The molecule has 0 saturated heterocycles. The van der Waals surface area contributed by atoms with Crippen LogP contribution >= 0.6 is 0 Å². The van der Waals surface area contributed by atoms with Gasteiger partial charge in [0.2, 0.25) is 0 Å². The van der Waals surface area contributed by atoms with Crippen molar-refractivity contribution in [3.8, 4) is 0 Å². The Kier molecular flexibility index (Phi) is 5.90. The molecule has 0 heterocycles. The highest BCUT2D eigenvalue weighted by atomic mass is 19.1. The molecule has 20 heavy (non-hydrogen) atoms. The van der Waals surface area contributed by atoms with Crippen LogP contribution in [0.3, 0.4) is 0 Å². The third-order valence-electron chi connectivity index (χ3n) is 2.96. The number of halogens is 1. The third-order valence-corrected chi connectivity index (χ3v) is 2.96. The molecule has 1 aromatic rings. The van der Waals surface area contributed by atoms with Gasteiger partial charge in [-0.3, -0.25) is 4.79 Å². The molecule has 5 heteroatoms. The first kappa shape index (κ1) is 15.9. The molecule has 0 aliphatic heterocycles. The van der Waals surface area contributed by atoms with Crippen molar-refractivity contribution >= 4 is 18.0 Å². The van der Waals surface area contributed by atoms with E-state index >= 15 is 0 Å². The Labute approximate surface area is 117 Å². The van der Waals surface area contributed by atoms with Crippen LogP contribution in [-0.4, -0.2) is 23.5 Å². The normalized spacial score (nSPS) is 12.3. The van der Waals surface area contributed by atoms with Gasteiger partial charge in [-0.25, -0.2) is 9.18 Å². The molecule has 1 rings (SSSR count). The maximum Gasteiger partial charge on any atom is 0.328 e. The van der Waals surface area contributed by atoms with Gasteiger partial charge in [-0.05, 0) is 29.7 Å². The van der Waals surface area contributed by atoms with Crippen LogP contribution in [0, 0.1) is 11.7 Å². The number of carbonyl (C=O) groups is 2. The zero-order chi connectivity index (χ0) is 15.1. The van der Waals surface area contributed by atoms with E-state index < -0.39 is 17.7 Å². The van der Waals surface area contributed by atoms with Crippen molar-refractivity contribution in [2.24, 2.45) is 5.92 Å². The minimum Gasteiger partial charge on any atom is -0.478 e. The minimum absolute atomic E-state index is 0.0826. The number of amides is 1. The zero-order valence-corrected chi connectivity index (χ0v) is 11.5. The summed E-state index contributed by atoms with van der Waals surface area (Å²) in [6.07, 6.45) is 3.17. The largest absolute Gasteiger partial charge is 0.478 e. The first-order valence-corrected chi connectivity index (χ1v) is 6.42. The highest BCUT2D eigenvalue weighted by Crippen LogP contribution is 2.12. The third kappa shape index (κ3) is 4.84. The van der Waals surface area contributed by atoms with E-state index in [-0.39, 0.29) is 5.56 Å². The van der Waals surface area contributed by atoms with Crippen molar-refractivity contribution < 1.29 is 19.1 Å². The van der Waals surface area contributed by atoms with Crippen molar-refractivity contribution in [2.75, 3.05) is 6.54 Å². The van der Waals surface area contributed by atoms with Crippen molar-refractivity contribution in [2.45, 2.75) is 20.3 Å². The predicted molar refractivity (Wildman–Crippen MR) is 74.9 cm³/mol. The molecule has 0 aromatic heterocycles. The number of carboxylic acid groups (broad SMARTS) is 1. The zero-order valence-electron chi connectivity index (χ0n) is 11.5. The standard InChI is InChI=1S/C15H18FNO3/c1-3-10(2)9-17-15(20)12-8-11(4-6-13(12)16)5-7-14(18)19/h4-8,10H,3,9H2,1-2H3,(H,17,20)(H,18,19). The lowest BCUT2D eigenvalue weighted by Crippen LogP contribution is -2.28. The van der Waals surface area contributed by atoms with Gasteiger partial charge in [-0.1, -0.05) is 26.3 Å². The summed E-state index contributed by atoms with van der Waals surface area (Å²) in [7, 11) is 0. The molecular weight excluding hydrogens is 261 g/mol. The summed E-state index contributed by atoms with van der Waals surface area (Å²) in [5.41, 5.74) is 0.378. The second-order valence-corrected chi connectivity index (χ2v) is 4.63. The van der Waals surface area contributed by atoms with Gasteiger partial charge in [-0.2, -0.15) is 0 Å². The van der Waals surface area contributed by atoms with Gasteiger partial charge in [0.15, 0.2) is 0 Å². The molecule has 1 amide bonds. The van der Waals surface area contributed by atoms with Gasteiger partial charge in [-0.15, -0.1) is 0 Å². The van der Waals surface area contributed by atoms with E-state index in [9.17, 15) is 14.0 Å². The Morgan fingerprint density at radius 2 is 2.15 bits per heavy atom. The summed E-state index contributed by atoms with van der Waals surface area (Å²) in [5.74, 6) is -1.90. The second kappa shape index (κ2) is 7.43. The van der Waals surface area contributed by atoms with Crippen LogP contribution in [-0.2, 0) is 4.79 Å². The second-order valence-electron chi connectivity index (χ2n) is 4.63. The average Bonchev–Trinajstić information content (AvgIpc) is 2.43. The Morgan fingerprint density at radius 3 is 2.75 bits per heavy atom. The van der Waals surface area contributed by atoms with Crippen LogP contribution in [0.4, 0.5) is 4.39 Å². The van der Waals surface area contributed by atoms with E-state index in [1.165, 1.54) is 18.2 Å². The number of benzene rings is 1. The molecule has 4 nitrogen and oxygen atoms in total. The highest BCUT2D eigenvalue weighted by molar-refractivity contribution is 5.95. The molecule has 1 unspecified atom stereocenters. The van der Waals surface area contributed by atoms with Crippen LogP contribution in [0.1, 0.15) is 36.2 Å². The molecule has 1 atom stereocenters. The van der Waals surface area contributed by atoms with Gasteiger partial charge in [0.05, 0.1) is 5.56 Å². The molecule has 0 aliphatic rings. The summed E-state index contributed by atoms with van der Waals surface area (Å²) in [5, 5.41) is 11.2. The Balaban J connectivity index is 2.85. The first-order valence-electron chi connectivity index (χ1n) is 6.42. The molecule has 0 aliphatic carbocycles. The molecule has 0 fully saturated rings. The molecule has 0 saturated carbocycles. The van der Waals surface area contributed by atoms with Crippen molar-refractivity contribution in [3.05, 3.63) is 41.2 Å². The number of carbonyl (C=O) groups excluding carboxylic acids is 1. The fourth-order valence-corrected chi connectivity index (χ4v) is 1.49. The number of rotatable bonds is 6. The SMILES string of the molecule is CCC(C)CNC(=O)c1cc(C=CC(=O)O)ccc1F. The monoisotopic (exact) mass is 279 g/mol. The van der Waals surface area contributed by atoms with E-state index in [1.54, 1.807) is 0 Å². The lowest BCUT2D eigenvalue weighted by Gasteiger charge is -2.11. The predicted octanol–water partition coefficient (Wildman–Crippen LogP) is 2.70. The maximum absolute atomic E-state index is 13.6. The Hall–Kier alpha value is -2.17. The fourth-order valence-electron chi connectivity index (χ4n) is 1.49. The van der Waals surface area contributed by atoms with Crippen LogP contribution in [0.15, 0.2) is 24.3 Å². The topological polar surface area (TPSA) is 66.4 Å². The quantitative estimate of drug-likeness (QED) is 0.787. The van der Waals surface area contributed by atoms with Gasteiger partial charge in [0, 0.05) is 12.6 Å². The molecular formula is C15H18FNO3. The Bertz CT molecular complexity index is 526. The number of aliphatic carboxylic acids is 1. The van der Waals surface area contributed by atoms with E-state index in [2.05, 4.69) is 5.32 Å². The van der Waals surface area contributed by atoms with Crippen LogP contribution < -0.4 is 5.32 Å². The van der Waals surface area contributed by atoms with E-state index in [4.69, 9.17) is 5.11 Å². The van der Waals surface area contributed by atoms with Crippen molar-refractivity contribution in [1.29, 1.82) is 0 Å². The number of hydrogen-bond acceptors (Lipinski definition) is 2. The van der Waals surface area contributed by atoms with Crippen molar-refractivity contribution in [3.63, 3.8) is 0 Å². The van der Waals surface area contributed by atoms with Crippen LogP contribution in [0.5, 0.6) is 0 Å². The van der Waals surface area contributed by atoms with Crippen molar-refractivity contribution in [1.82, 2.24) is 5.32 Å². The van der Waals surface area contributed by atoms with E-state index in [0.29, 0.717) is 18.0 Å². The van der Waals surface area contributed by atoms with E-state index in [0.717, 1.165) is 18.6 Å². The van der Waals surface area contributed by atoms with Gasteiger partial charge in [0.25, 0.3) is 5.91 Å². The molecule has 2 N–H and O–H groups in total. The number of nitrogens with one attached hydrogen (secondary N) is 1. The molecule has 1 aromatic carbocycles. The summed E-state index contributed by atoms with van der Waals surface area (Å²) in [4.78, 5) is 22.3. The summed E-state index contributed by atoms with van der Waals surface area (Å²) >= 11 is 0. The van der Waals surface area contributed by atoms with Gasteiger partial charge >= 0.3 is 5.97 Å². The number of hydrogen-bond donors (Lipinski definition) is 2. The Morgan fingerprint density at radius 1 is 1.45 bits per heavy atom. The summed E-state index contributed by atoms with van der Waals surface area (Å²) in [6.45, 7) is 4.47. The lowest BCUT2D eigenvalue weighted by molar-refractivity contribution is -0.131. The molecule has 0 bridgehead atoms. The fraction of sp³-hybridized carbons (Fsp3) is 0.333. The van der Waals surface area contributed by atoms with Gasteiger partial charge < -0.3 is 10.4 Å². The lowest BCUT2D eigenvalue weighted by atomic mass is 10.1. The minimum atomic E-state index is -1.10.